The Morgan fingerprint density at radius 1 is 1.10 bits per heavy atom. The molecule has 0 spiro atoms. The molecular weight excluding hydrogens is 250 g/mol. The Bertz CT molecular complexity index is 654. The van der Waals surface area contributed by atoms with E-state index >= 15 is 0 Å². The minimum Gasteiger partial charge on any atom is -0.425 e. The van der Waals surface area contributed by atoms with E-state index in [0.29, 0.717) is 11.3 Å². The second-order valence-electron chi connectivity index (χ2n) is 4.76. The van der Waals surface area contributed by atoms with Crippen LogP contribution in [0.4, 0.5) is 0 Å². The van der Waals surface area contributed by atoms with Gasteiger partial charge < -0.3 is 4.74 Å². The fourth-order valence-electron chi connectivity index (χ4n) is 1.74. The van der Waals surface area contributed by atoms with Gasteiger partial charge in [-0.05, 0) is 23.3 Å². The summed E-state index contributed by atoms with van der Waals surface area (Å²) in [6, 6.07) is 17.0. The molecule has 0 fully saturated rings. The molecule has 2 aromatic carbocycles. The molecule has 0 aromatic heterocycles. The van der Waals surface area contributed by atoms with E-state index < -0.39 is 0 Å². The summed E-state index contributed by atoms with van der Waals surface area (Å²) in [5, 5.41) is 9.09. The number of hydrogen-bond acceptors (Lipinski definition) is 3. The standard InChI is InChI=1S/C17H15NO2/c1-12(2)17(19)20-16-10-14(8-9-15(16)11-18)13-6-4-3-5-7-13/h3-10,12H,1-2H3. The van der Waals surface area contributed by atoms with Crippen molar-refractivity contribution in [2.24, 2.45) is 5.92 Å². The average Bonchev–Trinajstić information content (AvgIpc) is 2.48. The molecule has 0 bridgehead atoms. The number of esters is 1. The van der Waals surface area contributed by atoms with Gasteiger partial charge in [-0.15, -0.1) is 0 Å². The van der Waals surface area contributed by atoms with Crippen LogP contribution in [0.15, 0.2) is 48.5 Å². The number of carbonyl (C=O) groups is 1. The topological polar surface area (TPSA) is 50.1 Å². The zero-order valence-electron chi connectivity index (χ0n) is 11.5. The molecule has 0 amide bonds. The third-order valence-corrected chi connectivity index (χ3v) is 2.89. The fourth-order valence-corrected chi connectivity index (χ4v) is 1.74. The Morgan fingerprint density at radius 2 is 1.80 bits per heavy atom. The van der Waals surface area contributed by atoms with Gasteiger partial charge in [0.05, 0.1) is 11.5 Å². The van der Waals surface area contributed by atoms with E-state index in [2.05, 4.69) is 0 Å². The van der Waals surface area contributed by atoms with E-state index in [0.717, 1.165) is 11.1 Å². The molecule has 100 valence electrons. The lowest BCUT2D eigenvalue weighted by molar-refractivity contribution is -0.137. The van der Waals surface area contributed by atoms with Gasteiger partial charge in [-0.1, -0.05) is 50.2 Å². The van der Waals surface area contributed by atoms with Crippen molar-refractivity contribution in [1.82, 2.24) is 0 Å². The van der Waals surface area contributed by atoms with Gasteiger partial charge in [0.15, 0.2) is 0 Å². The Kier molecular flexibility index (Phi) is 4.17. The summed E-state index contributed by atoms with van der Waals surface area (Å²) in [4.78, 5) is 11.7. The number of hydrogen-bond donors (Lipinski definition) is 0. The van der Waals surface area contributed by atoms with Crippen LogP contribution in [0, 0.1) is 17.2 Å². The normalized spacial score (nSPS) is 10.1. The number of rotatable bonds is 3. The Morgan fingerprint density at radius 3 is 2.40 bits per heavy atom. The zero-order chi connectivity index (χ0) is 14.5. The summed E-state index contributed by atoms with van der Waals surface area (Å²) >= 11 is 0. The molecule has 0 saturated carbocycles. The van der Waals surface area contributed by atoms with E-state index in [9.17, 15) is 4.79 Å². The molecule has 2 rings (SSSR count). The van der Waals surface area contributed by atoms with E-state index in [4.69, 9.17) is 10.00 Å². The SMILES string of the molecule is CC(C)C(=O)Oc1cc(-c2ccccc2)ccc1C#N. The number of nitrogens with zero attached hydrogens (tertiary/aromatic N) is 1. The summed E-state index contributed by atoms with van der Waals surface area (Å²) in [6.07, 6.45) is 0. The molecule has 0 aliphatic heterocycles. The van der Waals surface area contributed by atoms with Gasteiger partial charge in [0.2, 0.25) is 0 Å². The summed E-state index contributed by atoms with van der Waals surface area (Å²) in [6.45, 7) is 3.52. The quantitative estimate of drug-likeness (QED) is 0.626. The molecule has 0 aliphatic rings. The third-order valence-electron chi connectivity index (χ3n) is 2.89. The second-order valence-corrected chi connectivity index (χ2v) is 4.76. The third kappa shape index (κ3) is 3.04. The van der Waals surface area contributed by atoms with Crippen LogP contribution in [-0.2, 0) is 4.79 Å². The Balaban J connectivity index is 2.40. The monoisotopic (exact) mass is 265 g/mol. The van der Waals surface area contributed by atoms with Gasteiger partial charge in [-0.25, -0.2) is 0 Å². The van der Waals surface area contributed by atoms with E-state index in [-0.39, 0.29) is 11.9 Å². The van der Waals surface area contributed by atoms with Crippen molar-refractivity contribution in [3.05, 3.63) is 54.1 Å². The molecule has 0 atom stereocenters. The molecule has 2 aromatic rings. The first-order valence-corrected chi connectivity index (χ1v) is 6.43. The highest BCUT2D eigenvalue weighted by Crippen LogP contribution is 2.27. The van der Waals surface area contributed by atoms with E-state index in [1.807, 2.05) is 42.5 Å². The molecular formula is C17H15NO2. The molecule has 0 radical (unpaired) electrons. The highest BCUT2D eigenvalue weighted by Gasteiger charge is 2.13. The van der Waals surface area contributed by atoms with Crippen molar-refractivity contribution < 1.29 is 9.53 Å². The number of carbonyl (C=O) groups excluding carboxylic acids is 1. The van der Waals surface area contributed by atoms with Crippen LogP contribution >= 0.6 is 0 Å². The average molecular weight is 265 g/mol. The number of benzene rings is 2. The lowest BCUT2D eigenvalue weighted by atomic mass is 10.0. The van der Waals surface area contributed by atoms with Crippen molar-refractivity contribution in [3.63, 3.8) is 0 Å². The van der Waals surface area contributed by atoms with Crippen LogP contribution in [-0.4, -0.2) is 5.97 Å². The Labute approximate surface area is 118 Å². The molecule has 20 heavy (non-hydrogen) atoms. The van der Waals surface area contributed by atoms with Gasteiger partial charge >= 0.3 is 5.97 Å². The highest BCUT2D eigenvalue weighted by atomic mass is 16.5. The van der Waals surface area contributed by atoms with Crippen molar-refractivity contribution in [1.29, 1.82) is 5.26 Å². The first-order valence-electron chi connectivity index (χ1n) is 6.43. The second kappa shape index (κ2) is 6.03. The van der Waals surface area contributed by atoms with Gasteiger partial charge in [-0.3, -0.25) is 4.79 Å². The maximum atomic E-state index is 11.7. The first kappa shape index (κ1) is 13.8. The van der Waals surface area contributed by atoms with Crippen LogP contribution in [0.1, 0.15) is 19.4 Å². The smallest absolute Gasteiger partial charge is 0.313 e. The minimum absolute atomic E-state index is 0.234. The molecule has 0 unspecified atom stereocenters. The van der Waals surface area contributed by atoms with Crippen molar-refractivity contribution in [2.75, 3.05) is 0 Å². The summed E-state index contributed by atoms with van der Waals surface area (Å²) in [7, 11) is 0. The van der Waals surface area contributed by atoms with Gasteiger partial charge in [0.1, 0.15) is 11.8 Å². The Hall–Kier alpha value is -2.60. The van der Waals surface area contributed by atoms with E-state index in [1.165, 1.54) is 0 Å². The summed E-state index contributed by atoms with van der Waals surface area (Å²) in [5.74, 6) is -0.263. The highest BCUT2D eigenvalue weighted by molar-refractivity contribution is 5.76. The van der Waals surface area contributed by atoms with Crippen molar-refractivity contribution in [3.8, 4) is 22.9 Å². The lowest BCUT2D eigenvalue weighted by Crippen LogP contribution is -2.15. The van der Waals surface area contributed by atoms with Gasteiger partial charge in [0, 0.05) is 0 Å². The molecule has 0 N–H and O–H groups in total. The fraction of sp³-hybridized carbons (Fsp3) is 0.176. The summed E-state index contributed by atoms with van der Waals surface area (Å²) < 4.78 is 5.30. The van der Waals surface area contributed by atoms with Gasteiger partial charge in [0.25, 0.3) is 0 Å². The molecule has 0 saturated heterocycles. The van der Waals surface area contributed by atoms with Gasteiger partial charge in [-0.2, -0.15) is 5.26 Å². The molecule has 0 aliphatic carbocycles. The van der Waals surface area contributed by atoms with Crippen LogP contribution in [0.2, 0.25) is 0 Å². The predicted octanol–water partition coefficient (Wildman–Crippen LogP) is 3.79. The predicted molar refractivity (Wildman–Crippen MR) is 77.1 cm³/mol. The van der Waals surface area contributed by atoms with Crippen LogP contribution in [0.3, 0.4) is 0 Å². The molecule has 3 heteroatoms. The molecule has 3 nitrogen and oxygen atoms in total. The number of nitriles is 1. The van der Waals surface area contributed by atoms with Crippen molar-refractivity contribution in [2.45, 2.75) is 13.8 Å². The first-order chi connectivity index (χ1) is 9.61. The maximum absolute atomic E-state index is 11.7. The zero-order valence-corrected chi connectivity index (χ0v) is 11.5. The lowest BCUT2D eigenvalue weighted by Gasteiger charge is -2.10. The molecule has 0 heterocycles. The largest absolute Gasteiger partial charge is 0.425 e. The minimum atomic E-state index is -0.341. The van der Waals surface area contributed by atoms with Crippen molar-refractivity contribution >= 4 is 5.97 Å². The van der Waals surface area contributed by atoms with Crippen LogP contribution in [0.25, 0.3) is 11.1 Å². The van der Waals surface area contributed by atoms with Crippen LogP contribution < -0.4 is 4.74 Å². The summed E-state index contributed by atoms with van der Waals surface area (Å²) in [5.41, 5.74) is 2.29. The number of ether oxygens (including phenoxy) is 1. The van der Waals surface area contributed by atoms with Crippen LogP contribution in [0.5, 0.6) is 5.75 Å². The maximum Gasteiger partial charge on any atom is 0.313 e. The van der Waals surface area contributed by atoms with E-state index in [1.54, 1.807) is 26.0 Å².